The molecule has 0 spiro atoms. The molecule has 8 nitrogen and oxygen atoms in total. The summed E-state index contributed by atoms with van der Waals surface area (Å²) in [7, 11) is 5.53. The van der Waals surface area contributed by atoms with Gasteiger partial charge in [0.15, 0.2) is 11.5 Å². The maximum absolute atomic E-state index is 6.07. The minimum Gasteiger partial charge on any atom is -0.493 e. The molecule has 2 aliphatic heterocycles. The number of aryl methyl sites for hydroxylation is 1. The van der Waals surface area contributed by atoms with Crippen molar-refractivity contribution < 1.29 is 29.9 Å². The van der Waals surface area contributed by atoms with Crippen molar-refractivity contribution in [1.82, 2.24) is 9.80 Å². The van der Waals surface area contributed by atoms with Gasteiger partial charge in [-0.2, -0.15) is 0 Å². The van der Waals surface area contributed by atoms with Gasteiger partial charge in [-0.15, -0.1) is 24.8 Å². The van der Waals surface area contributed by atoms with Gasteiger partial charge in [-0.05, 0) is 43.1 Å². The van der Waals surface area contributed by atoms with E-state index >= 15 is 0 Å². The lowest BCUT2D eigenvalue weighted by molar-refractivity contribution is -0.0216. The molecule has 0 amide bonds. The van der Waals surface area contributed by atoms with Gasteiger partial charge in [-0.3, -0.25) is 4.90 Å². The van der Waals surface area contributed by atoms with Gasteiger partial charge in [0, 0.05) is 39.3 Å². The minimum atomic E-state index is -0.0419. The normalized spacial score (nSPS) is 19.0. The molecule has 1 atom stereocenters. The molecule has 1 unspecified atom stereocenters. The fourth-order valence-corrected chi connectivity index (χ4v) is 3.62. The zero-order valence-electron chi connectivity index (χ0n) is 18.1. The van der Waals surface area contributed by atoms with E-state index in [1.165, 1.54) is 11.1 Å². The van der Waals surface area contributed by atoms with Crippen molar-refractivity contribution in [3.63, 3.8) is 0 Å². The Bertz CT molecular complexity index is 589. The average molecular weight is 473 g/mol. The molecule has 2 aliphatic rings. The van der Waals surface area contributed by atoms with E-state index in [4.69, 9.17) is 18.9 Å². The van der Waals surface area contributed by atoms with Gasteiger partial charge in [0.1, 0.15) is 6.10 Å². The molecular formula is C20H38Cl2N2O6. The molecule has 0 bridgehead atoms. The Labute approximate surface area is 192 Å². The van der Waals surface area contributed by atoms with Crippen molar-refractivity contribution in [3.8, 4) is 11.5 Å². The molecule has 1 fully saturated rings. The Morgan fingerprint density at radius 3 is 2.27 bits per heavy atom. The zero-order chi connectivity index (χ0) is 18.4. The number of rotatable bonds is 7. The molecule has 30 heavy (non-hydrogen) atoms. The molecule has 0 aliphatic carbocycles. The maximum atomic E-state index is 6.07. The van der Waals surface area contributed by atoms with Gasteiger partial charge >= 0.3 is 0 Å². The quantitative estimate of drug-likeness (QED) is 0.551. The summed E-state index contributed by atoms with van der Waals surface area (Å²) < 4.78 is 23.0. The van der Waals surface area contributed by atoms with Crippen molar-refractivity contribution in [3.05, 3.63) is 23.3 Å². The van der Waals surface area contributed by atoms with Crippen LogP contribution in [0.4, 0.5) is 0 Å². The summed E-state index contributed by atoms with van der Waals surface area (Å²) in [5, 5.41) is 0. The van der Waals surface area contributed by atoms with Crippen molar-refractivity contribution in [2.24, 2.45) is 0 Å². The monoisotopic (exact) mass is 472 g/mol. The molecular weight excluding hydrogens is 435 g/mol. The lowest BCUT2D eigenvalue weighted by Gasteiger charge is -2.32. The second-order valence-electron chi connectivity index (χ2n) is 7.09. The second kappa shape index (κ2) is 15.9. The van der Waals surface area contributed by atoms with E-state index in [-0.39, 0.29) is 41.9 Å². The third-order valence-corrected chi connectivity index (χ3v) is 5.32. The zero-order valence-corrected chi connectivity index (χ0v) is 19.8. The van der Waals surface area contributed by atoms with E-state index in [0.29, 0.717) is 6.61 Å². The summed E-state index contributed by atoms with van der Waals surface area (Å²) in [6, 6.07) is 4.13. The molecule has 0 saturated carbocycles. The van der Waals surface area contributed by atoms with Crippen LogP contribution in [0.2, 0.25) is 0 Å². The summed E-state index contributed by atoms with van der Waals surface area (Å²) in [5.74, 6) is 1.53. The predicted octanol–water partition coefficient (Wildman–Crippen LogP) is 1.17. The van der Waals surface area contributed by atoms with Crippen molar-refractivity contribution in [1.29, 1.82) is 0 Å². The first-order valence-electron chi connectivity index (χ1n) is 9.56. The number of hydrogen-bond acceptors (Lipinski definition) is 6. The molecule has 10 heteroatoms. The summed E-state index contributed by atoms with van der Waals surface area (Å²) in [5.41, 5.74) is 2.44. The molecule has 1 aromatic carbocycles. The number of likely N-dealkylation sites (N-methyl/N-ethyl adjacent to an activating group) is 1. The van der Waals surface area contributed by atoms with Crippen LogP contribution < -0.4 is 9.47 Å². The Morgan fingerprint density at radius 2 is 1.63 bits per heavy atom. The highest BCUT2D eigenvalue weighted by atomic mass is 35.5. The van der Waals surface area contributed by atoms with E-state index in [9.17, 15) is 0 Å². The van der Waals surface area contributed by atoms with Gasteiger partial charge < -0.3 is 34.8 Å². The van der Waals surface area contributed by atoms with Crippen LogP contribution in [0, 0.1) is 0 Å². The van der Waals surface area contributed by atoms with Gasteiger partial charge in [-0.1, -0.05) is 0 Å². The fourth-order valence-electron chi connectivity index (χ4n) is 3.62. The first-order valence-corrected chi connectivity index (χ1v) is 9.56. The van der Waals surface area contributed by atoms with Crippen LogP contribution in [0.3, 0.4) is 0 Å². The Balaban J connectivity index is 0. The number of fused-ring (bicyclic) bond motifs is 1. The summed E-state index contributed by atoms with van der Waals surface area (Å²) in [4.78, 5) is 4.84. The summed E-state index contributed by atoms with van der Waals surface area (Å²) in [6.45, 7) is 7.59. The number of methoxy groups -OCH3 is 2. The van der Waals surface area contributed by atoms with Gasteiger partial charge in [0.25, 0.3) is 0 Å². The van der Waals surface area contributed by atoms with Crippen LogP contribution >= 0.6 is 24.8 Å². The molecule has 1 saturated heterocycles. The standard InChI is InChI=1S/C20H32N2O4.2ClH.2H2O/c1-21-6-8-22(9-7-21)10-12-25-15-20-17-14-19(24-3)18(23-2)13-16(17)5-4-11-26-20;;;;/h13-14,20H,4-12,15H2,1-3H3;2*1H;2*1H2. The highest BCUT2D eigenvalue weighted by molar-refractivity contribution is 5.85. The number of piperazine rings is 1. The maximum Gasteiger partial charge on any atom is 0.161 e. The molecule has 2 heterocycles. The molecule has 0 radical (unpaired) electrons. The molecule has 0 aromatic heterocycles. The molecule has 1 aromatic rings. The summed E-state index contributed by atoms with van der Waals surface area (Å²) >= 11 is 0. The van der Waals surface area contributed by atoms with Gasteiger partial charge in [0.05, 0.1) is 27.4 Å². The lowest BCUT2D eigenvalue weighted by Crippen LogP contribution is -2.45. The second-order valence-corrected chi connectivity index (χ2v) is 7.09. The minimum absolute atomic E-state index is 0. The fraction of sp³-hybridized carbons (Fsp3) is 0.700. The SMILES string of the molecule is COc1cc2c(cc1OC)C(COCCN1CCN(C)CC1)OCCC2.Cl.Cl.O.O. The van der Waals surface area contributed by atoms with E-state index in [1.807, 2.05) is 6.07 Å². The van der Waals surface area contributed by atoms with E-state index in [1.54, 1.807) is 14.2 Å². The topological polar surface area (TPSA) is 106 Å². The van der Waals surface area contributed by atoms with Crippen molar-refractivity contribution >= 4 is 24.8 Å². The number of nitrogens with zero attached hydrogens (tertiary/aromatic N) is 2. The lowest BCUT2D eigenvalue weighted by atomic mass is 9.99. The average Bonchev–Trinajstić information content (AvgIpc) is 2.87. The smallest absolute Gasteiger partial charge is 0.161 e. The predicted molar refractivity (Wildman–Crippen MR) is 123 cm³/mol. The highest BCUT2D eigenvalue weighted by Gasteiger charge is 2.23. The summed E-state index contributed by atoms with van der Waals surface area (Å²) in [6.07, 6.45) is 1.97. The van der Waals surface area contributed by atoms with Crippen LogP contribution in [-0.2, 0) is 15.9 Å². The third-order valence-electron chi connectivity index (χ3n) is 5.32. The molecule has 3 rings (SSSR count). The number of hydrogen-bond donors (Lipinski definition) is 0. The Kier molecular flexibility index (Phi) is 16.6. The van der Waals surface area contributed by atoms with E-state index in [0.717, 1.165) is 70.3 Å². The molecule has 178 valence electrons. The number of benzene rings is 1. The Hall–Kier alpha value is -0.840. The van der Waals surface area contributed by atoms with Crippen LogP contribution in [0.1, 0.15) is 23.7 Å². The van der Waals surface area contributed by atoms with E-state index < -0.39 is 0 Å². The molecule has 4 N–H and O–H groups in total. The van der Waals surface area contributed by atoms with Crippen molar-refractivity contribution in [2.45, 2.75) is 18.9 Å². The third kappa shape index (κ3) is 8.36. The van der Waals surface area contributed by atoms with Crippen molar-refractivity contribution in [2.75, 3.05) is 73.8 Å². The highest BCUT2D eigenvalue weighted by Crippen LogP contribution is 2.36. The largest absolute Gasteiger partial charge is 0.493 e. The number of ether oxygens (including phenoxy) is 4. The van der Waals surface area contributed by atoms with Gasteiger partial charge in [0.2, 0.25) is 0 Å². The first kappa shape index (κ1) is 31.3. The van der Waals surface area contributed by atoms with Crippen LogP contribution in [0.5, 0.6) is 11.5 Å². The Morgan fingerprint density at radius 1 is 1.00 bits per heavy atom. The van der Waals surface area contributed by atoms with Crippen LogP contribution in [0.15, 0.2) is 12.1 Å². The number of halogens is 2. The first-order chi connectivity index (χ1) is 12.7. The van der Waals surface area contributed by atoms with E-state index in [2.05, 4.69) is 22.9 Å². The van der Waals surface area contributed by atoms with Crippen LogP contribution in [0.25, 0.3) is 0 Å². The van der Waals surface area contributed by atoms with Gasteiger partial charge in [-0.25, -0.2) is 0 Å². The van der Waals surface area contributed by atoms with Crippen LogP contribution in [-0.4, -0.2) is 94.6 Å².